The fraction of sp³-hybridized carbons (Fsp3) is 0.588. The standard InChI is InChI=1S/C34H38N2O6/c1-35-24-14-19(15-25(35)29-28(24)41-29)39-32(37)22-12-13-34(18-8-4-3-5-9-18,23-11-7-6-10-21(22)23)33(38)40-20-16-26-30-31(42-30)27(17-20)36(26)2/h3-11,19-20,22,24-31H,12-17H2,1-2H3/t19?,20?,22-,24?,25?,26?,27?,28?,29?,30?,31?,34?/m0/s1. The molecule has 4 bridgehead atoms. The van der Waals surface area contributed by atoms with Gasteiger partial charge in [0.2, 0.25) is 0 Å². The molecule has 1 aliphatic carbocycles. The molecule has 0 aromatic heterocycles. The number of benzene rings is 2. The van der Waals surface area contributed by atoms with Crippen LogP contribution >= 0.6 is 0 Å². The number of hydrogen-bond donors (Lipinski definition) is 0. The molecule has 0 spiro atoms. The van der Waals surface area contributed by atoms with Crippen LogP contribution in [0.2, 0.25) is 0 Å². The van der Waals surface area contributed by atoms with E-state index in [1.54, 1.807) is 0 Å². The van der Waals surface area contributed by atoms with Gasteiger partial charge < -0.3 is 18.9 Å². The van der Waals surface area contributed by atoms with E-state index in [9.17, 15) is 9.59 Å². The highest BCUT2D eigenvalue weighted by molar-refractivity contribution is 5.91. The molecule has 10 atom stereocenters. The molecule has 0 N–H and O–H groups in total. The Labute approximate surface area is 246 Å². The number of fused-ring (bicyclic) bond motifs is 11. The smallest absolute Gasteiger partial charge is 0.321 e. The van der Waals surface area contributed by atoms with E-state index < -0.39 is 11.3 Å². The van der Waals surface area contributed by atoms with Crippen molar-refractivity contribution < 1.29 is 28.5 Å². The normalized spacial score (nSPS) is 44.5. The molecule has 8 nitrogen and oxygen atoms in total. The Hall–Kier alpha value is -2.78. The molecule has 7 aliphatic rings. The van der Waals surface area contributed by atoms with E-state index in [2.05, 4.69) is 23.9 Å². The second-order valence-corrected chi connectivity index (χ2v) is 13.7. The lowest BCUT2D eigenvalue weighted by molar-refractivity contribution is -0.162. The van der Waals surface area contributed by atoms with E-state index in [1.807, 2.05) is 54.6 Å². The van der Waals surface area contributed by atoms with Crippen molar-refractivity contribution in [3.63, 3.8) is 0 Å². The van der Waals surface area contributed by atoms with Crippen LogP contribution in [0.25, 0.3) is 0 Å². The summed E-state index contributed by atoms with van der Waals surface area (Å²) in [4.78, 5) is 33.1. The summed E-state index contributed by atoms with van der Waals surface area (Å²) in [6.45, 7) is 0. The molecule has 6 fully saturated rings. The molecule has 0 saturated carbocycles. The predicted molar refractivity (Wildman–Crippen MR) is 152 cm³/mol. The molecule has 42 heavy (non-hydrogen) atoms. The van der Waals surface area contributed by atoms with Crippen molar-refractivity contribution in [1.29, 1.82) is 0 Å². The largest absolute Gasteiger partial charge is 0.462 e. The van der Waals surface area contributed by atoms with Gasteiger partial charge in [-0.25, -0.2) is 0 Å². The molecular weight excluding hydrogens is 532 g/mol. The zero-order chi connectivity index (χ0) is 28.3. The first-order valence-corrected chi connectivity index (χ1v) is 15.8. The molecule has 220 valence electrons. The number of esters is 2. The quantitative estimate of drug-likeness (QED) is 0.401. The molecule has 2 aromatic carbocycles. The maximum atomic E-state index is 14.5. The highest BCUT2D eigenvalue weighted by atomic mass is 16.6. The van der Waals surface area contributed by atoms with Gasteiger partial charge >= 0.3 is 11.9 Å². The predicted octanol–water partition coefficient (Wildman–Crippen LogP) is 3.16. The maximum Gasteiger partial charge on any atom is 0.321 e. The molecule has 9 rings (SSSR count). The molecule has 6 heterocycles. The number of hydrogen-bond acceptors (Lipinski definition) is 8. The third kappa shape index (κ3) is 3.62. The Morgan fingerprint density at radius 2 is 1.26 bits per heavy atom. The average Bonchev–Trinajstić information content (AvgIpc) is 3.91. The summed E-state index contributed by atoms with van der Waals surface area (Å²) in [6.07, 6.45) is 5.21. The van der Waals surface area contributed by atoms with Crippen molar-refractivity contribution >= 4 is 11.9 Å². The van der Waals surface area contributed by atoms with Crippen LogP contribution in [-0.4, -0.2) is 96.6 Å². The van der Waals surface area contributed by atoms with Crippen molar-refractivity contribution in [1.82, 2.24) is 9.80 Å². The van der Waals surface area contributed by atoms with Crippen LogP contribution in [0, 0.1) is 0 Å². The fourth-order valence-electron chi connectivity index (χ4n) is 9.53. The minimum Gasteiger partial charge on any atom is -0.462 e. The van der Waals surface area contributed by atoms with E-state index >= 15 is 0 Å². The first-order chi connectivity index (χ1) is 20.4. The second kappa shape index (κ2) is 9.11. The number of nitrogens with zero attached hydrogens (tertiary/aromatic N) is 2. The molecule has 2 aromatic rings. The lowest BCUT2D eigenvalue weighted by Crippen LogP contribution is -2.50. The van der Waals surface area contributed by atoms with Gasteiger partial charge in [-0.3, -0.25) is 19.4 Å². The summed E-state index contributed by atoms with van der Waals surface area (Å²) in [7, 11) is 4.33. The minimum atomic E-state index is -0.971. The number of carbonyl (C=O) groups excluding carboxylic acids is 2. The summed E-state index contributed by atoms with van der Waals surface area (Å²) in [5.41, 5.74) is 1.70. The Kier molecular flexibility index (Phi) is 5.58. The third-order valence-corrected chi connectivity index (χ3v) is 11.8. The van der Waals surface area contributed by atoms with Crippen LogP contribution in [-0.2, 0) is 34.0 Å². The van der Waals surface area contributed by atoms with Crippen molar-refractivity contribution in [3.05, 3.63) is 71.3 Å². The van der Waals surface area contributed by atoms with E-state index in [0.29, 0.717) is 49.2 Å². The van der Waals surface area contributed by atoms with Gasteiger partial charge in [-0.05, 0) is 43.6 Å². The number of likely N-dealkylation sites (N-methyl/N-ethyl adjacent to an activating group) is 2. The summed E-state index contributed by atoms with van der Waals surface area (Å²) in [5.74, 6) is -0.785. The van der Waals surface area contributed by atoms with Crippen LogP contribution < -0.4 is 0 Å². The topological polar surface area (TPSA) is 84.1 Å². The van der Waals surface area contributed by atoms with E-state index in [-0.39, 0.29) is 36.4 Å². The van der Waals surface area contributed by atoms with Gasteiger partial charge in [-0.15, -0.1) is 0 Å². The number of morpholine rings is 2. The van der Waals surface area contributed by atoms with Gasteiger partial charge in [0.15, 0.2) is 0 Å². The van der Waals surface area contributed by atoms with Crippen LogP contribution in [0.4, 0.5) is 0 Å². The Balaban J connectivity index is 1.00. The van der Waals surface area contributed by atoms with Crippen LogP contribution in [0.1, 0.15) is 61.1 Å². The molecule has 6 aliphatic heterocycles. The van der Waals surface area contributed by atoms with E-state index in [4.69, 9.17) is 18.9 Å². The first-order valence-electron chi connectivity index (χ1n) is 15.8. The maximum absolute atomic E-state index is 14.5. The van der Waals surface area contributed by atoms with Gasteiger partial charge in [0.1, 0.15) is 42.0 Å². The Morgan fingerprint density at radius 1 is 0.738 bits per heavy atom. The van der Waals surface area contributed by atoms with Crippen LogP contribution in [0.5, 0.6) is 0 Å². The molecule has 9 unspecified atom stereocenters. The number of epoxide rings is 2. The highest BCUT2D eigenvalue weighted by Crippen LogP contribution is 2.52. The lowest BCUT2D eigenvalue weighted by Gasteiger charge is -2.43. The SMILES string of the molecule is CN1C2CC(OC(=O)[C@H]3CCC(C(=O)OC4CC5C6OC6C(C4)N5C)(c4ccccc4)c4ccccc43)CC1C1OC12. The molecule has 0 amide bonds. The minimum absolute atomic E-state index is 0.0898. The molecule has 8 heteroatoms. The molecule has 0 radical (unpaired) electrons. The third-order valence-electron chi connectivity index (χ3n) is 11.8. The number of rotatable bonds is 5. The highest BCUT2D eigenvalue weighted by Gasteiger charge is 2.64. The number of piperidine rings is 2. The summed E-state index contributed by atoms with van der Waals surface area (Å²) >= 11 is 0. The monoisotopic (exact) mass is 570 g/mol. The fourth-order valence-corrected chi connectivity index (χ4v) is 9.53. The zero-order valence-electron chi connectivity index (χ0n) is 24.1. The van der Waals surface area contributed by atoms with Crippen molar-refractivity contribution in [2.75, 3.05) is 14.1 Å². The number of carbonyl (C=O) groups is 2. The lowest BCUT2D eigenvalue weighted by atomic mass is 9.63. The van der Waals surface area contributed by atoms with E-state index in [0.717, 1.165) is 42.4 Å². The molecular formula is C34H38N2O6. The van der Waals surface area contributed by atoms with Crippen LogP contribution in [0.15, 0.2) is 54.6 Å². The Morgan fingerprint density at radius 3 is 1.86 bits per heavy atom. The average molecular weight is 571 g/mol. The Bertz CT molecular complexity index is 1400. The van der Waals surface area contributed by atoms with Crippen molar-refractivity contribution in [2.45, 2.75) is 111 Å². The van der Waals surface area contributed by atoms with Gasteiger partial charge in [-0.2, -0.15) is 0 Å². The molecule has 6 saturated heterocycles. The number of ether oxygens (including phenoxy) is 4. The van der Waals surface area contributed by atoms with Gasteiger partial charge in [-0.1, -0.05) is 54.6 Å². The summed E-state index contributed by atoms with van der Waals surface area (Å²) in [5, 5.41) is 0. The first kappa shape index (κ1) is 25.7. The van der Waals surface area contributed by atoms with Gasteiger partial charge in [0.05, 0.1) is 5.92 Å². The van der Waals surface area contributed by atoms with Crippen molar-refractivity contribution in [3.8, 4) is 0 Å². The van der Waals surface area contributed by atoms with Crippen molar-refractivity contribution in [2.24, 2.45) is 0 Å². The summed E-state index contributed by atoms with van der Waals surface area (Å²) < 4.78 is 24.4. The van der Waals surface area contributed by atoms with Crippen LogP contribution in [0.3, 0.4) is 0 Å². The second-order valence-electron chi connectivity index (χ2n) is 13.7. The van der Waals surface area contributed by atoms with Gasteiger partial charge in [0.25, 0.3) is 0 Å². The summed E-state index contributed by atoms with van der Waals surface area (Å²) in [6, 6.07) is 19.2. The zero-order valence-corrected chi connectivity index (χ0v) is 24.1. The van der Waals surface area contributed by atoms with Gasteiger partial charge in [0, 0.05) is 49.9 Å². The van der Waals surface area contributed by atoms with E-state index in [1.165, 1.54) is 0 Å².